The van der Waals surface area contributed by atoms with Crippen LogP contribution in [0.1, 0.15) is 20.8 Å². The molecule has 0 bridgehead atoms. The first-order valence-corrected chi connectivity index (χ1v) is 9.55. The fourth-order valence-corrected chi connectivity index (χ4v) is 2.25. The summed E-state index contributed by atoms with van der Waals surface area (Å²) in [5.41, 5.74) is 5.05. The summed E-state index contributed by atoms with van der Waals surface area (Å²) in [6.45, 7) is 4.32. The van der Waals surface area contributed by atoms with Crippen LogP contribution in [0.5, 0.6) is 0 Å². The van der Waals surface area contributed by atoms with Crippen LogP contribution in [-0.2, 0) is 24.0 Å². The number of nitrogens with two attached hydrogens (primary N) is 1. The van der Waals surface area contributed by atoms with Crippen molar-refractivity contribution < 1.29 is 44.4 Å². The van der Waals surface area contributed by atoms with E-state index in [2.05, 4.69) is 20.8 Å². The molecule has 1 amide bonds. The maximum atomic E-state index is 11.0. The number of aliphatic carboxylic acids is 4. The Kier molecular flexibility index (Phi) is 16.7. The average Bonchev–Trinajstić information content (AvgIpc) is 2.53. The summed E-state index contributed by atoms with van der Waals surface area (Å²) in [6, 6.07) is 0. The second kappa shape index (κ2) is 17.0. The van der Waals surface area contributed by atoms with E-state index in [1.807, 2.05) is 0 Å². The lowest BCUT2D eigenvalue weighted by atomic mass is 10.3. The van der Waals surface area contributed by atoms with Gasteiger partial charge in [0, 0.05) is 26.2 Å². The van der Waals surface area contributed by atoms with Gasteiger partial charge in [0.1, 0.15) is 0 Å². The second-order valence-electron chi connectivity index (χ2n) is 7.47. The molecule has 0 spiro atoms. The van der Waals surface area contributed by atoms with Gasteiger partial charge >= 0.3 is 23.9 Å². The van der Waals surface area contributed by atoms with Gasteiger partial charge in [-0.05, 0) is 5.92 Å². The summed E-state index contributed by atoms with van der Waals surface area (Å²) in [5, 5.41) is 35.4. The van der Waals surface area contributed by atoms with Gasteiger partial charge in [0.2, 0.25) is 5.91 Å². The zero-order chi connectivity index (χ0) is 24.6. The number of carbonyl (C=O) groups is 5. The molecule has 0 aromatic heterocycles. The zero-order valence-electron chi connectivity index (χ0n) is 18.2. The fourth-order valence-electron chi connectivity index (χ4n) is 2.25. The van der Waals surface area contributed by atoms with Crippen molar-refractivity contribution in [3.8, 4) is 0 Å². The molecule has 0 aromatic carbocycles. The molecule has 0 atom stereocenters. The van der Waals surface area contributed by atoms with Crippen molar-refractivity contribution in [2.75, 3.05) is 58.9 Å². The second-order valence-corrected chi connectivity index (χ2v) is 7.47. The molecule has 0 fully saturated rings. The molecule has 13 heteroatoms. The summed E-state index contributed by atoms with van der Waals surface area (Å²) < 4.78 is 0. The van der Waals surface area contributed by atoms with E-state index in [-0.39, 0.29) is 32.7 Å². The molecule has 0 saturated carbocycles. The van der Waals surface area contributed by atoms with Crippen molar-refractivity contribution in [2.45, 2.75) is 20.8 Å². The highest BCUT2D eigenvalue weighted by Gasteiger charge is 2.18. The SMILES string of the molecule is CC(C)C.NC(=O)CN(CCN(CCN(CC(=O)O)CC(=O)O)CC(=O)O)CC(=O)O. The molecule has 6 N–H and O–H groups in total. The maximum absolute atomic E-state index is 11.0. The van der Waals surface area contributed by atoms with Gasteiger partial charge in [-0.2, -0.15) is 0 Å². The van der Waals surface area contributed by atoms with Crippen LogP contribution in [0.15, 0.2) is 0 Å². The van der Waals surface area contributed by atoms with Crippen LogP contribution in [0.25, 0.3) is 0 Å². The molecular weight excluding hydrogens is 416 g/mol. The Morgan fingerprint density at radius 2 is 0.806 bits per heavy atom. The van der Waals surface area contributed by atoms with Gasteiger partial charge in [-0.25, -0.2) is 0 Å². The van der Waals surface area contributed by atoms with Crippen LogP contribution < -0.4 is 5.73 Å². The van der Waals surface area contributed by atoms with E-state index in [0.29, 0.717) is 0 Å². The van der Waals surface area contributed by atoms with Gasteiger partial charge in [0.05, 0.1) is 32.7 Å². The minimum atomic E-state index is -1.23. The standard InChI is InChI=1S/C14H24N4O9.C4H10/c15-10(19)5-17(7-12(22)23)3-1-16(6-11(20)21)2-4-18(8-13(24)25)9-14(26)27;1-4(2)3/h1-9H2,(H2,15,19)(H,20,21)(H,22,23)(H,24,25)(H,26,27);4H,1-3H3. The molecule has 0 aliphatic rings. The summed E-state index contributed by atoms with van der Waals surface area (Å²) in [5.74, 6) is -4.71. The smallest absolute Gasteiger partial charge is 0.317 e. The first kappa shape index (κ1) is 30.4. The van der Waals surface area contributed by atoms with Crippen molar-refractivity contribution in [3.05, 3.63) is 0 Å². The predicted molar refractivity (Wildman–Crippen MR) is 110 cm³/mol. The highest BCUT2D eigenvalue weighted by molar-refractivity contribution is 5.77. The number of carboxylic acids is 4. The van der Waals surface area contributed by atoms with Crippen LogP contribution in [0.2, 0.25) is 0 Å². The van der Waals surface area contributed by atoms with Crippen LogP contribution in [0, 0.1) is 5.92 Å². The van der Waals surface area contributed by atoms with Crippen LogP contribution in [0.3, 0.4) is 0 Å². The minimum absolute atomic E-state index is 0.0272. The molecule has 0 heterocycles. The summed E-state index contributed by atoms with van der Waals surface area (Å²) in [4.78, 5) is 58.1. The monoisotopic (exact) mass is 450 g/mol. The average molecular weight is 450 g/mol. The fraction of sp³-hybridized carbons (Fsp3) is 0.722. The highest BCUT2D eigenvalue weighted by atomic mass is 16.4. The van der Waals surface area contributed by atoms with Gasteiger partial charge in [-0.1, -0.05) is 20.8 Å². The molecule has 31 heavy (non-hydrogen) atoms. The largest absolute Gasteiger partial charge is 0.480 e. The maximum Gasteiger partial charge on any atom is 0.317 e. The molecule has 0 rings (SSSR count). The molecule has 13 nitrogen and oxygen atoms in total. The highest BCUT2D eigenvalue weighted by Crippen LogP contribution is 1.97. The third-order valence-electron chi connectivity index (χ3n) is 3.28. The zero-order valence-corrected chi connectivity index (χ0v) is 18.2. The van der Waals surface area contributed by atoms with Gasteiger partial charge in [-0.3, -0.25) is 38.7 Å². The van der Waals surface area contributed by atoms with Crippen molar-refractivity contribution >= 4 is 29.8 Å². The lowest BCUT2D eigenvalue weighted by Crippen LogP contribution is -2.46. The Morgan fingerprint density at radius 3 is 1.06 bits per heavy atom. The topological polar surface area (TPSA) is 202 Å². The number of carbonyl (C=O) groups excluding carboxylic acids is 1. The number of nitrogens with zero attached hydrogens (tertiary/aromatic N) is 3. The number of hydrogen-bond acceptors (Lipinski definition) is 8. The van der Waals surface area contributed by atoms with Crippen molar-refractivity contribution in [1.82, 2.24) is 14.7 Å². The van der Waals surface area contributed by atoms with E-state index < -0.39 is 56.0 Å². The Bertz CT molecular complexity index is 524. The van der Waals surface area contributed by atoms with Gasteiger partial charge in [0.15, 0.2) is 0 Å². The Hall–Kier alpha value is -2.77. The summed E-state index contributed by atoms with van der Waals surface area (Å²) in [6.07, 6.45) is 0. The first-order valence-electron chi connectivity index (χ1n) is 9.55. The first-order chi connectivity index (χ1) is 14.2. The normalized spacial score (nSPS) is 10.8. The molecule has 0 radical (unpaired) electrons. The Labute approximate surface area is 181 Å². The van der Waals surface area contributed by atoms with Crippen molar-refractivity contribution in [2.24, 2.45) is 11.7 Å². The van der Waals surface area contributed by atoms with Gasteiger partial charge in [0.25, 0.3) is 0 Å². The van der Waals surface area contributed by atoms with Crippen LogP contribution in [0.4, 0.5) is 0 Å². The van der Waals surface area contributed by atoms with Crippen LogP contribution in [-0.4, -0.2) is 124 Å². The van der Waals surface area contributed by atoms with E-state index in [4.69, 9.17) is 26.2 Å². The lowest BCUT2D eigenvalue weighted by Gasteiger charge is -2.27. The minimum Gasteiger partial charge on any atom is -0.480 e. The summed E-state index contributed by atoms with van der Waals surface area (Å²) in [7, 11) is 0. The van der Waals surface area contributed by atoms with Crippen molar-refractivity contribution in [1.29, 1.82) is 0 Å². The lowest BCUT2D eigenvalue weighted by molar-refractivity contribution is -0.143. The third kappa shape index (κ3) is 23.4. The molecule has 0 aliphatic carbocycles. The Morgan fingerprint density at radius 1 is 0.581 bits per heavy atom. The predicted octanol–water partition coefficient (Wildman–Crippen LogP) is -1.62. The van der Waals surface area contributed by atoms with Gasteiger partial charge in [-0.15, -0.1) is 0 Å². The number of hydrogen-bond donors (Lipinski definition) is 5. The molecule has 0 unspecified atom stereocenters. The van der Waals surface area contributed by atoms with Gasteiger partial charge < -0.3 is 26.2 Å². The van der Waals surface area contributed by atoms with E-state index >= 15 is 0 Å². The summed E-state index contributed by atoms with van der Waals surface area (Å²) >= 11 is 0. The number of carboxylic acid groups (broad SMARTS) is 4. The number of rotatable bonds is 16. The van der Waals surface area contributed by atoms with E-state index in [9.17, 15) is 24.0 Å². The Balaban J connectivity index is 0. The van der Waals surface area contributed by atoms with E-state index in [0.717, 1.165) is 10.8 Å². The third-order valence-corrected chi connectivity index (χ3v) is 3.28. The van der Waals surface area contributed by atoms with Crippen LogP contribution >= 0.6 is 0 Å². The molecule has 180 valence electrons. The molecular formula is C18H34N4O9. The van der Waals surface area contributed by atoms with E-state index in [1.165, 1.54) is 9.80 Å². The molecule has 0 aromatic rings. The molecule has 0 saturated heterocycles. The quantitative estimate of drug-likeness (QED) is 0.180. The number of primary amides is 1. The van der Waals surface area contributed by atoms with Crippen molar-refractivity contribution in [3.63, 3.8) is 0 Å². The van der Waals surface area contributed by atoms with E-state index in [1.54, 1.807) is 0 Å². The molecule has 0 aliphatic heterocycles. The number of amides is 1.